The summed E-state index contributed by atoms with van der Waals surface area (Å²) in [6.07, 6.45) is 2.15. The van der Waals surface area contributed by atoms with Crippen molar-refractivity contribution in [1.82, 2.24) is 15.1 Å². The number of nitrogens with one attached hydrogen (secondary N) is 1. The largest absolute Gasteiger partial charge is 0.310 e. The Hall–Kier alpha value is -3.13. The summed E-state index contributed by atoms with van der Waals surface area (Å²) in [6, 6.07) is 17.8. The average molecular weight is 346 g/mol. The smallest absolute Gasteiger partial charge is 0.179 e. The van der Waals surface area contributed by atoms with Crippen LogP contribution in [0, 0.1) is 23.2 Å². The van der Waals surface area contributed by atoms with Crippen LogP contribution >= 0.6 is 0 Å². The van der Waals surface area contributed by atoms with Crippen LogP contribution in [-0.2, 0) is 0 Å². The number of likely N-dealkylation sites (tertiary alicyclic amines) is 1. The van der Waals surface area contributed by atoms with Crippen LogP contribution in [0.25, 0.3) is 22.4 Å². The summed E-state index contributed by atoms with van der Waals surface area (Å²) in [4.78, 5) is 1.67. The van der Waals surface area contributed by atoms with Gasteiger partial charge in [-0.1, -0.05) is 55.5 Å². The minimum absolute atomic E-state index is 0.0480. The van der Waals surface area contributed by atoms with Crippen LogP contribution in [0.4, 0.5) is 4.39 Å². The predicted molar refractivity (Wildman–Crippen MR) is 98.5 cm³/mol. The zero-order valence-corrected chi connectivity index (χ0v) is 14.5. The maximum Gasteiger partial charge on any atom is 0.179 e. The van der Waals surface area contributed by atoms with E-state index in [0.29, 0.717) is 24.5 Å². The highest BCUT2D eigenvalue weighted by molar-refractivity contribution is 5.71. The molecule has 26 heavy (non-hydrogen) atoms. The third-order valence-electron chi connectivity index (χ3n) is 5.10. The SMILES string of the molecule is C[C@H]1CN(C#N)C[C@@H]1c1[nH]nc(-c2cccc(-c3ccccc3)c2)c1F. The number of rotatable bonds is 3. The Morgan fingerprint density at radius 1 is 1.08 bits per heavy atom. The van der Waals surface area contributed by atoms with Crippen molar-refractivity contribution in [1.29, 1.82) is 5.26 Å². The molecule has 2 aromatic carbocycles. The standard InChI is InChI=1S/C21H19FN4/c1-14-11-26(13-23)12-18(14)21-19(22)20(24-25-21)17-9-5-8-16(10-17)15-6-3-2-4-7-15/h2-10,14,18H,11-12H2,1H3,(H,24,25)/t14-,18-/m0/s1. The van der Waals surface area contributed by atoms with Gasteiger partial charge in [-0.05, 0) is 23.1 Å². The van der Waals surface area contributed by atoms with Gasteiger partial charge < -0.3 is 4.90 Å². The number of hydrogen-bond donors (Lipinski definition) is 1. The van der Waals surface area contributed by atoms with Gasteiger partial charge in [0.05, 0.1) is 5.69 Å². The molecule has 0 bridgehead atoms. The molecule has 1 saturated heterocycles. The maximum atomic E-state index is 15.1. The molecule has 130 valence electrons. The molecule has 1 aliphatic heterocycles. The molecule has 1 aliphatic rings. The summed E-state index contributed by atoms with van der Waals surface area (Å²) in [5.41, 5.74) is 3.68. The van der Waals surface area contributed by atoms with Crippen molar-refractivity contribution in [2.24, 2.45) is 5.92 Å². The first kappa shape index (κ1) is 16.3. The molecule has 0 saturated carbocycles. The molecule has 1 aromatic heterocycles. The van der Waals surface area contributed by atoms with E-state index in [1.807, 2.05) is 61.5 Å². The molecule has 5 heteroatoms. The summed E-state index contributed by atoms with van der Waals surface area (Å²) < 4.78 is 15.1. The van der Waals surface area contributed by atoms with Crippen molar-refractivity contribution < 1.29 is 4.39 Å². The lowest BCUT2D eigenvalue weighted by Crippen LogP contribution is -2.13. The highest BCUT2D eigenvalue weighted by Crippen LogP contribution is 2.35. The van der Waals surface area contributed by atoms with E-state index in [9.17, 15) is 0 Å². The summed E-state index contributed by atoms with van der Waals surface area (Å²) in [5, 5.41) is 16.2. The van der Waals surface area contributed by atoms with E-state index in [0.717, 1.165) is 16.7 Å². The Morgan fingerprint density at radius 3 is 2.54 bits per heavy atom. The van der Waals surface area contributed by atoms with Gasteiger partial charge in [0.25, 0.3) is 0 Å². The molecule has 0 amide bonds. The lowest BCUT2D eigenvalue weighted by molar-refractivity contribution is 0.465. The summed E-state index contributed by atoms with van der Waals surface area (Å²) in [6.45, 7) is 3.22. The van der Waals surface area contributed by atoms with Crippen molar-refractivity contribution in [2.75, 3.05) is 13.1 Å². The molecule has 0 aliphatic carbocycles. The number of halogens is 1. The summed E-state index contributed by atoms with van der Waals surface area (Å²) in [5.74, 6) is -0.159. The van der Waals surface area contributed by atoms with Crippen LogP contribution in [0.15, 0.2) is 54.6 Å². The molecule has 0 radical (unpaired) electrons. The van der Waals surface area contributed by atoms with Crippen molar-refractivity contribution in [3.05, 3.63) is 66.1 Å². The lowest BCUT2D eigenvalue weighted by atomic mass is 9.93. The molecule has 0 unspecified atom stereocenters. The van der Waals surface area contributed by atoms with Crippen molar-refractivity contribution in [3.63, 3.8) is 0 Å². The number of aromatic amines is 1. The number of H-pyrrole nitrogens is 1. The minimum Gasteiger partial charge on any atom is -0.310 e. The third kappa shape index (κ3) is 2.84. The second-order valence-corrected chi connectivity index (χ2v) is 6.84. The van der Waals surface area contributed by atoms with E-state index < -0.39 is 0 Å². The second kappa shape index (κ2) is 6.64. The number of nitrogens with zero attached hydrogens (tertiary/aromatic N) is 3. The molecule has 2 heterocycles. The Kier molecular flexibility index (Phi) is 4.18. The number of hydrogen-bond acceptors (Lipinski definition) is 3. The second-order valence-electron chi connectivity index (χ2n) is 6.84. The van der Waals surface area contributed by atoms with Gasteiger partial charge in [-0.25, -0.2) is 4.39 Å². The quantitative estimate of drug-likeness (QED) is 0.715. The minimum atomic E-state index is -0.313. The molecular formula is C21H19FN4. The fourth-order valence-corrected chi connectivity index (χ4v) is 3.68. The average Bonchev–Trinajstić information content (AvgIpc) is 3.24. The molecule has 3 aromatic rings. The van der Waals surface area contributed by atoms with Gasteiger partial charge in [0.2, 0.25) is 0 Å². The maximum absolute atomic E-state index is 15.1. The highest BCUT2D eigenvalue weighted by atomic mass is 19.1. The van der Waals surface area contributed by atoms with Crippen molar-refractivity contribution in [3.8, 4) is 28.6 Å². The van der Waals surface area contributed by atoms with E-state index in [1.165, 1.54) is 0 Å². The van der Waals surface area contributed by atoms with Crippen LogP contribution in [0.3, 0.4) is 0 Å². The van der Waals surface area contributed by atoms with E-state index >= 15 is 4.39 Å². The van der Waals surface area contributed by atoms with E-state index in [4.69, 9.17) is 5.26 Å². The monoisotopic (exact) mass is 346 g/mol. The lowest BCUT2D eigenvalue weighted by Gasteiger charge is -2.11. The van der Waals surface area contributed by atoms with Gasteiger partial charge in [0.1, 0.15) is 5.69 Å². The molecule has 1 N–H and O–H groups in total. The first-order valence-corrected chi connectivity index (χ1v) is 8.71. The molecule has 2 atom stereocenters. The Bertz CT molecular complexity index is 958. The van der Waals surface area contributed by atoms with Gasteiger partial charge in [0.15, 0.2) is 12.0 Å². The van der Waals surface area contributed by atoms with Gasteiger partial charge in [0, 0.05) is 24.6 Å². The molecule has 4 rings (SSSR count). The number of benzene rings is 2. The van der Waals surface area contributed by atoms with Gasteiger partial charge in [-0.2, -0.15) is 10.4 Å². The van der Waals surface area contributed by atoms with E-state index in [2.05, 4.69) is 16.4 Å². The fourth-order valence-electron chi connectivity index (χ4n) is 3.68. The summed E-state index contributed by atoms with van der Waals surface area (Å²) in [7, 11) is 0. The van der Waals surface area contributed by atoms with Crippen LogP contribution in [0.1, 0.15) is 18.5 Å². The van der Waals surface area contributed by atoms with Crippen LogP contribution in [0.5, 0.6) is 0 Å². The number of aromatic nitrogens is 2. The van der Waals surface area contributed by atoms with Crippen molar-refractivity contribution >= 4 is 0 Å². The van der Waals surface area contributed by atoms with E-state index in [-0.39, 0.29) is 17.7 Å². The first-order chi connectivity index (χ1) is 12.7. The Balaban J connectivity index is 1.68. The van der Waals surface area contributed by atoms with Crippen molar-refractivity contribution in [2.45, 2.75) is 12.8 Å². The zero-order valence-electron chi connectivity index (χ0n) is 14.5. The molecule has 1 fully saturated rings. The van der Waals surface area contributed by atoms with Gasteiger partial charge in [-0.3, -0.25) is 5.10 Å². The summed E-state index contributed by atoms with van der Waals surface area (Å²) >= 11 is 0. The topological polar surface area (TPSA) is 55.7 Å². The fraction of sp³-hybridized carbons (Fsp3) is 0.238. The highest BCUT2D eigenvalue weighted by Gasteiger charge is 2.34. The third-order valence-corrected chi connectivity index (χ3v) is 5.10. The molecule has 4 nitrogen and oxygen atoms in total. The van der Waals surface area contributed by atoms with E-state index in [1.54, 1.807) is 4.90 Å². The Morgan fingerprint density at radius 2 is 1.81 bits per heavy atom. The van der Waals surface area contributed by atoms with Crippen LogP contribution in [-0.4, -0.2) is 28.2 Å². The van der Waals surface area contributed by atoms with Gasteiger partial charge in [-0.15, -0.1) is 0 Å². The predicted octanol–water partition coefficient (Wildman–Crippen LogP) is 4.40. The van der Waals surface area contributed by atoms with Crippen LogP contribution < -0.4 is 0 Å². The molecule has 0 spiro atoms. The molecular weight excluding hydrogens is 327 g/mol. The normalized spacial score (nSPS) is 19.5. The zero-order chi connectivity index (χ0) is 18.1. The first-order valence-electron chi connectivity index (χ1n) is 8.71. The number of nitriles is 1. The van der Waals surface area contributed by atoms with Gasteiger partial charge >= 0.3 is 0 Å². The van der Waals surface area contributed by atoms with Crippen LogP contribution in [0.2, 0.25) is 0 Å². The Labute approximate surface area is 151 Å².